The standard InChI is InChI=1S/C15H18N4O2/c16-15(20)12-8-17-6-7-19(12)10-14-18-9-13(21-14)11-4-2-1-3-5-11/h1-5,9,12,17H,6-8,10H2,(H2,16,20). The minimum atomic E-state index is -0.322. The number of aromatic nitrogens is 1. The van der Waals surface area contributed by atoms with Crippen molar-refractivity contribution in [1.82, 2.24) is 15.2 Å². The Morgan fingerprint density at radius 1 is 1.43 bits per heavy atom. The van der Waals surface area contributed by atoms with Crippen molar-refractivity contribution in [2.45, 2.75) is 12.6 Å². The van der Waals surface area contributed by atoms with Crippen molar-refractivity contribution < 1.29 is 9.21 Å². The van der Waals surface area contributed by atoms with Crippen molar-refractivity contribution in [3.63, 3.8) is 0 Å². The van der Waals surface area contributed by atoms with E-state index in [0.717, 1.165) is 24.4 Å². The van der Waals surface area contributed by atoms with E-state index in [9.17, 15) is 4.79 Å². The first-order valence-corrected chi connectivity index (χ1v) is 6.98. The molecule has 2 aromatic rings. The van der Waals surface area contributed by atoms with Crippen molar-refractivity contribution in [2.75, 3.05) is 19.6 Å². The zero-order valence-electron chi connectivity index (χ0n) is 11.7. The van der Waals surface area contributed by atoms with E-state index in [4.69, 9.17) is 10.2 Å². The number of benzene rings is 1. The Hall–Kier alpha value is -2.18. The Balaban J connectivity index is 1.73. The van der Waals surface area contributed by atoms with Crippen LogP contribution in [-0.2, 0) is 11.3 Å². The maximum atomic E-state index is 11.5. The quantitative estimate of drug-likeness (QED) is 0.860. The van der Waals surface area contributed by atoms with E-state index in [1.165, 1.54) is 0 Å². The highest BCUT2D eigenvalue weighted by molar-refractivity contribution is 5.80. The number of nitrogens with one attached hydrogen (secondary N) is 1. The fourth-order valence-electron chi connectivity index (χ4n) is 2.51. The van der Waals surface area contributed by atoms with Crippen LogP contribution in [0.4, 0.5) is 0 Å². The van der Waals surface area contributed by atoms with Gasteiger partial charge < -0.3 is 15.5 Å². The summed E-state index contributed by atoms with van der Waals surface area (Å²) in [5.74, 6) is 1.01. The average Bonchev–Trinajstić information content (AvgIpc) is 2.97. The van der Waals surface area contributed by atoms with Crippen LogP contribution in [0.3, 0.4) is 0 Å². The summed E-state index contributed by atoms with van der Waals surface area (Å²) < 4.78 is 5.78. The molecule has 1 fully saturated rings. The van der Waals surface area contributed by atoms with E-state index in [1.807, 2.05) is 35.2 Å². The Kier molecular flexibility index (Phi) is 3.98. The van der Waals surface area contributed by atoms with Gasteiger partial charge in [-0.2, -0.15) is 0 Å². The summed E-state index contributed by atoms with van der Waals surface area (Å²) in [6, 6.07) is 9.50. The fraction of sp³-hybridized carbons (Fsp3) is 0.333. The van der Waals surface area contributed by atoms with Gasteiger partial charge in [-0.05, 0) is 0 Å². The molecule has 1 aromatic carbocycles. The molecule has 0 bridgehead atoms. The lowest BCUT2D eigenvalue weighted by Crippen LogP contribution is -2.56. The van der Waals surface area contributed by atoms with Crippen molar-refractivity contribution in [2.24, 2.45) is 5.73 Å². The highest BCUT2D eigenvalue weighted by atomic mass is 16.4. The summed E-state index contributed by atoms with van der Waals surface area (Å²) in [6.45, 7) is 2.64. The van der Waals surface area contributed by atoms with E-state index in [-0.39, 0.29) is 11.9 Å². The summed E-state index contributed by atoms with van der Waals surface area (Å²) in [4.78, 5) is 17.8. The van der Waals surface area contributed by atoms with Gasteiger partial charge in [-0.25, -0.2) is 4.98 Å². The van der Waals surface area contributed by atoms with Crippen LogP contribution in [0.25, 0.3) is 11.3 Å². The van der Waals surface area contributed by atoms with Gasteiger partial charge >= 0.3 is 0 Å². The number of nitrogens with two attached hydrogens (primary N) is 1. The molecule has 3 rings (SSSR count). The van der Waals surface area contributed by atoms with Crippen molar-refractivity contribution in [1.29, 1.82) is 0 Å². The maximum Gasteiger partial charge on any atom is 0.236 e. The number of oxazole rings is 1. The molecule has 3 N–H and O–H groups in total. The van der Waals surface area contributed by atoms with Gasteiger partial charge in [0.25, 0.3) is 0 Å². The molecular weight excluding hydrogens is 268 g/mol. The van der Waals surface area contributed by atoms with Gasteiger partial charge in [0.15, 0.2) is 5.76 Å². The van der Waals surface area contributed by atoms with Crippen molar-refractivity contribution in [3.05, 3.63) is 42.4 Å². The van der Waals surface area contributed by atoms with E-state index in [0.29, 0.717) is 19.0 Å². The second-order valence-electron chi connectivity index (χ2n) is 5.08. The number of primary amides is 1. The number of hydrogen-bond acceptors (Lipinski definition) is 5. The largest absolute Gasteiger partial charge is 0.439 e. The van der Waals surface area contributed by atoms with Crippen molar-refractivity contribution in [3.8, 4) is 11.3 Å². The Labute approximate surface area is 122 Å². The number of nitrogens with zero attached hydrogens (tertiary/aromatic N) is 2. The van der Waals surface area contributed by atoms with Crippen LogP contribution < -0.4 is 11.1 Å². The molecular formula is C15H18N4O2. The highest BCUT2D eigenvalue weighted by Crippen LogP contribution is 2.21. The first-order chi connectivity index (χ1) is 10.2. The summed E-state index contributed by atoms with van der Waals surface area (Å²) in [7, 11) is 0. The lowest BCUT2D eigenvalue weighted by atomic mass is 10.2. The molecule has 0 radical (unpaired) electrons. The van der Waals surface area contributed by atoms with Crippen LogP contribution in [0.1, 0.15) is 5.89 Å². The second-order valence-corrected chi connectivity index (χ2v) is 5.08. The SMILES string of the molecule is NC(=O)C1CNCCN1Cc1ncc(-c2ccccc2)o1. The molecule has 1 saturated heterocycles. The number of carbonyl (C=O) groups excluding carboxylic acids is 1. The third kappa shape index (κ3) is 3.12. The zero-order chi connectivity index (χ0) is 14.7. The molecule has 1 amide bonds. The molecule has 0 aliphatic carbocycles. The van der Waals surface area contributed by atoms with E-state index in [1.54, 1.807) is 6.20 Å². The van der Waals surface area contributed by atoms with Crippen LogP contribution in [0.5, 0.6) is 0 Å². The first-order valence-electron chi connectivity index (χ1n) is 6.98. The topological polar surface area (TPSA) is 84.4 Å². The van der Waals surface area contributed by atoms with Crippen LogP contribution in [0, 0.1) is 0 Å². The number of carbonyl (C=O) groups is 1. The Bertz CT molecular complexity index is 611. The lowest BCUT2D eigenvalue weighted by Gasteiger charge is -2.32. The van der Waals surface area contributed by atoms with E-state index < -0.39 is 0 Å². The molecule has 0 saturated carbocycles. The average molecular weight is 286 g/mol. The van der Waals surface area contributed by atoms with Gasteiger partial charge in [0.1, 0.15) is 6.04 Å². The zero-order valence-corrected chi connectivity index (χ0v) is 11.7. The molecule has 0 spiro atoms. The second kappa shape index (κ2) is 6.07. The maximum absolute atomic E-state index is 11.5. The molecule has 110 valence electrons. The van der Waals surface area contributed by atoms with Crippen LogP contribution in [0.15, 0.2) is 40.9 Å². The smallest absolute Gasteiger partial charge is 0.236 e. The minimum absolute atomic E-state index is 0.314. The Morgan fingerprint density at radius 2 is 2.24 bits per heavy atom. The normalized spacial score (nSPS) is 19.5. The van der Waals surface area contributed by atoms with Gasteiger partial charge in [-0.15, -0.1) is 0 Å². The van der Waals surface area contributed by atoms with Gasteiger partial charge in [0.2, 0.25) is 11.8 Å². The van der Waals surface area contributed by atoms with Crippen LogP contribution >= 0.6 is 0 Å². The molecule has 1 aliphatic heterocycles. The summed E-state index contributed by atoms with van der Waals surface area (Å²) in [5, 5.41) is 3.17. The molecule has 1 aromatic heterocycles. The molecule has 1 unspecified atom stereocenters. The number of piperazine rings is 1. The lowest BCUT2D eigenvalue weighted by molar-refractivity contribution is -0.124. The first kappa shape index (κ1) is 13.8. The third-order valence-electron chi connectivity index (χ3n) is 3.63. The summed E-state index contributed by atoms with van der Waals surface area (Å²) in [5.41, 5.74) is 6.42. The van der Waals surface area contributed by atoms with Gasteiger partial charge in [0, 0.05) is 25.2 Å². The number of rotatable bonds is 4. The fourth-order valence-corrected chi connectivity index (χ4v) is 2.51. The Morgan fingerprint density at radius 3 is 3.00 bits per heavy atom. The molecule has 6 nitrogen and oxygen atoms in total. The van der Waals surface area contributed by atoms with Gasteiger partial charge in [-0.3, -0.25) is 9.69 Å². The highest BCUT2D eigenvalue weighted by Gasteiger charge is 2.27. The van der Waals surface area contributed by atoms with Gasteiger partial charge in [-0.1, -0.05) is 30.3 Å². The monoisotopic (exact) mass is 286 g/mol. The predicted molar refractivity (Wildman–Crippen MR) is 78.2 cm³/mol. The molecule has 2 heterocycles. The van der Waals surface area contributed by atoms with E-state index >= 15 is 0 Å². The predicted octanol–water partition coefficient (Wildman–Crippen LogP) is 0.601. The number of amides is 1. The van der Waals surface area contributed by atoms with Gasteiger partial charge in [0.05, 0.1) is 12.7 Å². The van der Waals surface area contributed by atoms with Crippen LogP contribution in [0.2, 0.25) is 0 Å². The third-order valence-corrected chi connectivity index (χ3v) is 3.63. The summed E-state index contributed by atoms with van der Waals surface area (Å²) in [6.07, 6.45) is 1.71. The molecule has 1 atom stereocenters. The molecule has 21 heavy (non-hydrogen) atoms. The minimum Gasteiger partial charge on any atom is -0.439 e. The molecule has 6 heteroatoms. The number of hydrogen-bond donors (Lipinski definition) is 2. The summed E-state index contributed by atoms with van der Waals surface area (Å²) >= 11 is 0. The molecule has 1 aliphatic rings. The van der Waals surface area contributed by atoms with Crippen molar-refractivity contribution >= 4 is 5.91 Å². The van der Waals surface area contributed by atoms with Crippen LogP contribution in [-0.4, -0.2) is 41.5 Å². The van der Waals surface area contributed by atoms with E-state index in [2.05, 4.69) is 10.3 Å².